The Hall–Kier alpha value is -1.44. The largest absolute Gasteiger partial charge is 0.379 e. The molecule has 1 atom stereocenters. The zero-order chi connectivity index (χ0) is 17.1. The highest BCUT2D eigenvalue weighted by Gasteiger charge is 2.28. The number of hydrogen-bond acceptors (Lipinski definition) is 6. The van der Waals surface area contributed by atoms with Crippen LogP contribution in [-0.2, 0) is 28.9 Å². The highest BCUT2D eigenvalue weighted by molar-refractivity contribution is 5.78. The fraction of sp³-hybridized carbons (Fsp3) is 0.778. The highest BCUT2D eigenvalue weighted by atomic mass is 16.5. The molecule has 1 aliphatic carbocycles. The van der Waals surface area contributed by atoms with Crippen LogP contribution in [0.2, 0.25) is 0 Å². The Labute approximate surface area is 148 Å². The van der Waals surface area contributed by atoms with Gasteiger partial charge in [-0.05, 0) is 38.8 Å². The van der Waals surface area contributed by atoms with Gasteiger partial charge in [0.1, 0.15) is 11.5 Å². The molecule has 1 N–H and O–H groups in total. The lowest BCUT2D eigenvalue weighted by Gasteiger charge is -2.28. The van der Waals surface area contributed by atoms with Gasteiger partial charge in [-0.3, -0.25) is 14.6 Å². The standard InChI is InChI=1S/C18H28N4O3/c23-18(13-22-7-9-24-10-8-22)19-14-3-4-17-15(11-14)16(20-25-17)12-21-5-1-2-6-21/h14H,1-13H2,(H,19,23). The molecular formula is C18H28N4O3. The number of likely N-dealkylation sites (tertiary alicyclic amines) is 1. The van der Waals surface area contributed by atoms with E-state index in [-0.39, 0.29) is 11.9 Å². The van der Waals surface area contributed by atoms with Crippen molar-refractivity contribution in [3.63, 3.8) is 0 Å². The van der Waals surface area contributed by atoms with Gasteiger partial charge in [0, 0.05) is 37.7 Å². The normalized spacial score (nSPS) is 25.0. The van der Waals surface area contributed by atoms with E-state index in [0.29, 0.717) is 6.54 Å². The number of rotatable bonds is 5. The maximum Gasteiger partial charge on any atom is 0.234 e. The molecule has 0 spiro atoms. The predicted molar refractivity (Wildman–Crippen MR) is 92.2 cm³/mol. The van der Waals surface area contributed by atoms with Crippen molar-refractivity contribution in [3.8, 4) is 0 Å². The Morgan fingerprint density at radius 2 is 1.96 bits per heavy atom. The second kappa shape index (κ2) is 7.85. The Balaban J connectivity index is 1.32. The fourth-order valence-corrected chi connectivity index (χ4v) is 4.10. The van der Waals surface area contributed by atoms with Crippen molar-refractivity contribution in [1.29, 1.82) is 0 Å². The van der Waals surface area contributed by atoms with Crippen molar-refractivity contribution in [1.82, 2.24) is 20.3 Å². The summed E-state index contributed by atoms with van der Waals surface area (Å²) in [5.41, 5.74) is 2.30. The second-order valence-corrected chi connectivity index (χ2v) is 7.41. The van der Waals surface area contributed by atoms with Crippen LogP contribution in [0.3, 0.4) is 0 Å². The summed E-state index contributed by atoms with van der Waals surface area (Å²) in [4.78, 5) is 17.0. The first-order valence-corrected chi connectivity index (χ1v) is 9.56. The molecule has 1 aromatic heterocycles. The van der Waals surface area contributed by atoms with E-state index in [1.165, 1.54) is 18.4 Å². The fourth-order valence-electron chi connectivity index (χ4n) is 4.10. The summed E-state index contributed by atoms with van der Waals surface area (Å²) in [6, 6.07) is 0.192. The maximum absolute atomic E-state index is 12.4. The van der Waals surface area contributed by atoms with Crippen LogP contribution in [0.4, 0.5) is 0 Å². The van der Waals surface area contributed by atoms with Crippen LogP contribution in [0.5, 0.6) is 0 Å². The van der Waals surface area contributed by atoms with Gasteiger partial charge >= 0.3 is 0 Å². The minimum absolute atomic E-state index is 0.118. The van der Waals surface area contributed by atoms with E-state index in [1.807, 2.05) is 0 Å². The Bertz CT molecular complexity index is 591. The number of aromatic nitrogens is 1. The molecule has 1 aromatic rings. The summed E-state index contributed by atoms with van der Waals surface area (Å²) in [6.45, 7) is 6.79. The van der Waals surface area contributed by atoms with Gasteiger partial charge in [-0.2, -0.15) is 0 Å². The van der Waals surface area contributed by atoms with Crippen molar-refractivity contribution in [2.75, 3.05) is 45.9 Å². The van der Waals surface area contributed by atoms with Crippen LogP contribution in [0.15, 0.2) is 4.52 Å². The molecule has 2 saturated heterocycles. The maximum atomic E-state index is 12.4. The first-order chi connectivity index (χ1) is 12.3. The highest BCUT2D eigenvalue weighted by Crippen LogP contribution is 2.26. The Kier molecular flexibility index (Phi) is 5.33. The van der Waals surface area contributed by atoms with Crippen molar-refractivity contribution in [2.24, 2.45) is 0 Å². The van der Waals surface area contributed by atoms with E-state index in [0.717, 1.165) is 76.7 Å². The van der Waals surface area contributed by atoms with Crippen LogP contribution in [0.1, 0.15) is 36.3 Å². The number of morpholine rings is 1. The number of amides is 1. The lowest BCUT2D eigenvalue weighted by molar-refractivity contribution is -0.124. The number of nitrogens with zero attached hydrogens (tertiary/aromatic N) is 3. The summed E-state index contributed by atoms with van der Waals surface area (Å²) in [5.74, 6) is 1.14. The molecule has 138 valence electrons. The van der Waals surface area contributed by atoms with E-state index in [1.54, 1.807) is 0 Å². The van der Waals surface area contributed by atoms with Crippen LogP contribution in [0, 0.1) is 0 Å². The first kappa shape index (κ1) is 17.0. The molecule has 0 aromatic carbocycles. The molecule has 4 rings (SSSR count). The predicted octanol–water partition coefficient (Wildman–Crippen LogP) is 0.576. The molecule has 0 saturated carbocycles. The smallest absolute Gasteiger partial charge is 0.234 e. The van der Waals surface area contributed by atoms with E-state index in [9.17, 15) is 4.79 Å². The SMILES string of the molecule is O=C(CN1CCOCC1)NC1CCc2onc(CN3CCCC3)c2C1. The molecule has 25 heavy (non-hydrogen) atoms. The molecular weight excluding hydrogens is 320 g/mol. The summed E-state index contributed by atoms with van der Waals surface area (Å²) < 4.78 is 10.9. The zero-order valence-electron chi connectivity index (χ0n) is 14.8. The summed E-state index contributed by atoms with van der Waals surface area (Å²) >= 11 is 0. The number of nitrogens with one attached hydrogen (secondary N) is 1. The van der Waals surface area contributed by atoms with E-state index in [2.05, 4.69) is 20.3 Å². The van der Waals surface area contributed by atoms with Gasteiger partial charge in [-0.25, -0.2) is 0 Å². The van der Waals surface area contributed by atoms with Gasteiger partial charge < -0.3 is 14.6 Å². The average Bonchev–Trinajstić information content (AvgIpc) is 3.26. The lowest BCUT2D eigenvalue weighted by atomic mass is 9.92. The quantitative estimate of drug-likeness (QED) is 0.839. The van der Waals surface area contributed by atoms with Crippen molar-refractivity contribution in [3.05, 3.63) is 17.0 Å². The number of carbonyl (C=O) groups excluding carboxylic acids is 1. The zero-order valence-corrected chi connectivity index (χ0v) is 14.8. The molecule has 7 nitrogen and oxygen atoms in total. The Morgan fingerprint density at radius 3 is 2.76 bits per heavy atom. The minimum atomic E-state index is 0.118. The van der Waals surface area contributed by atoms with Gasteiger partial charge in [-0.15, -0.1) is 0 Å². The average molecular weight is 348 g/mol. The number of aryl methyl sites for hydroxylation is 1. The van der Waals surface area contributed by atoms with Crippen LogP contribution in [0.25, 0.3) is 0 Å². The van der Waals surface area contributed by atoms with E-state index < -0.39 is 0 Å². The summed E-state index contributed by atoms with van der Waals surface area (Å²) in [6.07, 6.45) is 5.20. The molecule has 0 bridgehead atoms. The molecule has 2 fully saturated rings. The van der Waals surface area contributed by atoms with Gasteiger partial charge in [0.25, 0.3) is 0 Å². The third-order valence-corrected chi connectivity index (χ3v) is 5.53. The molecule has 3 heterocycles. The van der Waals surface area contributed by atoms with Gasteiger partial charge in [-0.1, -0.05) is 5.16 Å². The van der Waals surface area contributed by atoms with Crippen LogP contribution < -0.4 is 5.32 Å². The number of ether oxygens (including phenoxy) is 1. The van der Waals surface area contributed by atoms with Gasteiger partial charge in [0.05, 0.1) is 19.8 Å². The van der Waals surface area contributed by atoms with Crippen LogP contribution in [-0.4, -0.2) is 72.8 Å². The third kappa shape index (κ3) is 4.22. The monoisotopic (exact) mass is 348 g/mol. The minimum Gasteiger partial charge on any atom is -0.379 e. The molecule has 1 unspecified atom stereocenters. The first-order valence-electron chi connectivity index (χ1n) is 9.56. The Morgan fingerprint density at radius 1 is 1.16 bits per heavy atom. The summed E-state index contributed by atoms with van der Waals surface area (Å²) in [7, 11) is 0. The molecule has 0 radical (unpaired) electrons. The topological polar surface area (TPSA) is 70.8 Å². The van der Waals surface area contributed by atoms with E-state index in [4.69, 9.17) is 9.26 Å². The molecule has 3 aliphatic rings. The molecule has 7 heteroatoms. The van der Waals surface area contributed by atoms with Crippen LogP contribution >= 0.6 is 0 Å². The molecule has 2 aliphatic heterocycles. The third-order valence-electron chi connectivity index (χ3n) is 5.53. The number of fused-ring (bicyclic) bond motifs is 1. The molecule has 1 amide bonds. The lowest BCUT2D eigenvalue weighted by Crippen LogP contribution is -2.47. The summed E-state index contributed by atoms with van der Waals surface area (Å²) in [5, 5.41) is 7.53. The van der Waals surface area contributed by atoms with E-state index >= 15 is 0 Å². The van der Waals surface area contributed by atoms with Crippen molar-refractivity contribution >= 4 is 5.91 Å². The number of hydrogen-bond donors (Lipinski definition) is 1. The van der Waals surface area contributed by atoms with Gasteiger partial charge in [0.2, 0.25) is 5.91 Å². The van der Waals surface area contributed by atoms with Gasteiger partial charge in [0.15, 0.2) is 0 Å². The number of carbonyl (C=O) groups is 1. The van der Waals surface area contributed by atoms with Crippen molar-refractivity contribution in [2.45, 2.75) is 44.7 Å². The second-order valence-electron chi connectivity index (χ2n) is 7.41. The van der Waals surface area contributed by atoms with Crippen molar-refractivity contribution < 1.29 is 14.1 Å².